The Morgan fingerprint density at radius 2 is 1.90 bits per heavy atom. The zero-order valence-electron chi connectivity index (χ0n) is 18.7. The number of esters is 1. The van der Waals surface area contributed by atoms with Crippen LogP contribution in [0.2, 0.25) is 0 Å². The van der Waals surface area contributed by atoms with Crippen LogP contribution < -0.4 is 0 Å². The van der Waals surface area contributed by atoms with Gasteiger partial charge in [-0.1, -0.05) is 23.3 Å². The molecule has 1 aliphatic carbocycles. The number of epoxide rings is 1. The number of rotatable bonds is 10. The van der Waals surface area contributed by atoms with Crippen LogP contribution in [-0.4, -0.2) is 40.3 Å². The average molecular weight is 405 g/mol. The smallest absolute Gasteiger partial charge is 0.303 e. The molecule has 1 fully saturated rings. The molecular weight excluding hydrogens is 368 g/mol. The molecule has 0 aromatic carbocycles. The summed E-state index contributed by atoms with van der Waals surface area (Å²) in [4.78, 5) is 23.8. The molecule has 0 aromatic rings. The van der Waals surface area contributed by atoms with Crippen molar-refractivity contribution in [3.05, 3.63) is 34.9 Å². The lowest BCUT2D eigenvalue weighted by atomic mass is 9.84. The Labute approximate surface area is 174 Å². The summed E-state index contributed by atoms with van der Waals surface area (Å²) in [5.74, 6) is -0.395. The van der Waals surface area contributed by atoms with Crippen LogP contribution >= 0.6 is 0 Å². The van der Waals surface area contributed by atoms with E-state index in [0.717, 1.165) is 37.7 Å². The first-order valence-corrected chi connectivity index (χ1v) is 10.6. The standard InChI is InChI=1S/C24H36O5/c1-16(11-8-13-23(5,6)27)9-7-10-17(2)12-14-24-20(26)15-18(3)21(22(24)29-24)28-19(4)25/h9,12,15,21-22,27H,7-8,10-11,13-14H2,1-6H3/b16-9+,17-12+/t21?,22-,24+/m1/s1. The average Bonchev–Trinajstić information content (AvgIpc) is 3.32. The molecule has 1 N–H and O–H groups in total. The number of hydrogen-bond donors (Lipinski definition) is 1. The lowest BCUT2D eigenvalue weighted by Crippen LogP contribution is -2.38. The molecule has 0 aromatic heterocycles. The summed E-state index contributed by atoms with van der Waals surface area (Å²) in [6, 6.07) is 0. The molecule has 29 heavy (non-hydrogen) atoms. The van der Waals surface area contributed by atoms with Gasteiger partial charge in [-0.25, -0.2) is 0 Å². The molecule has 0 spiro atoms. The third-order valence-corrected chi connectivity index (χ3v) is 5.68. The predicted octanol–water partition coefficient (Wildman–Crippen LogP) is 4.59. The Balaban J connectivity index is 1.83. The van der Waals surface area contributed by atoms with E-state index in [0.29, 0.717) is 6.42 Å². The van der Waals surface area contributed by atoms with Gasteiger partial charge in [0.2, 0.25) is 0 Å². The highest BCUT2D eigenvalue weighted by atomic mass is 16.7. The molecule has 0 saturated carbocycles. The van der Waals surface area contributed by atoms with Gasteiger partial charge in [-0.3, -0.25) is 9.59 Å². The highest BCUT2D eigenvalue weighted by Crippen LogP contribution is 2.49. The summed E-state index contributed by atoms with van der Waals surface area (Å²) in [5.41, 5.74) is 1.86. The minimum Gasteiger partial charge on any atom is -0.455 e. The molecule has 0 radical (unpaired) electrons. The second kappa shape index (κ2) is 9.40. The minimum atomic E-state index is -0.857. The van der Waals surface area contributed by atoms with Crippen LogP contribution in [0.25, 0.3) is 0 Å². The van der Waals surface area contributed by atoms with E-state index in [4.69, 9.17) is 9.47 Å². The predicted molar refractivity (Wildman–Crippen MR) is 113 cm³/mol. The van der Waals surface area contributed by atoms with Crippen molar-refractivity contribution < 1.29 is 24.2 Å². The van der Waals surface area contributed by atoms with Gasteiger partial charge < -0.3 is 14.6 Å². The number of allylic oxidation sites excluding steroid dienone is 3. The van der Waals surface area contributed by atoms with E-state index in [-0.39, 0.29) is 17.9 Å². The number of fused-ring (bicyclic) bond motifs is 1. The summed E-state index contributed by atoms with van der Waals surface area (Å²) in [7, 11) is 0. The van der Waals surface area contributed by atoms with Gasteiger partial charge in [0.15, 0.2) is 17.5 Å². The number of ether oxygens (including phenoxy) is 2. The molecule has 2 rings (SSSR count). The van der Waals surface area contributed by atoms with Gasteiger partial charge in [0.05, 0.1) is 5.60 Å². The van der Waals surface area contributed by atoms with Crippen molar-refractivity contribution in [2.75, 3.05) is 0 Å². The number of aliphatic hydroxyl groups is 1. The summed E-state index contributed by atoms with van der Waals surface area (Å²) in [6.45, 7) is 11.1. The van der Waals surface area contributed by atoms with Crippen molar-refractivity contribution in [2.45, 2.75) is 103 Å². The molecule has 1 unspecified atom stereocenters. The molecule has 3 atom stereocenters. The van der Waals surface area contributed by atoms with Crippen LogP contribution in [0.3, 0.4) is 0 Å². The molecule has 5 heteroatoms. The van der Waals surface area contributed by atoms with Crippen LogP contribution in [0, 0.1) is 0 Å². The number of ketones is 1. The summed E-state index contributed by atoms with van der Waals surface area (Å²) in [6.07, 6.45) is 10.2. The summed E-state index contributed by atoms with van der Waals surface area (Å²) < 4.78 is 11.1. The second-order valence-electron chi connectivity index (χ2n) is 9.22. The SMILES string of the molecule is CC(=O)OC1C(C)=CC(=O)[C@]2(C/C=C(\C)CC/C=C(\C)CCCC(C)(C)O)O[C@H]12. The first-order chi connectivity index (χ1) is 13.4. The molecule has 1 saturated heterocycles. The molecule has 0 bridgehead atoms. The Kier molecular flexibility index (Phi) is 7.63. The molecule has 2 aliphatic rings. The monoisotopic (exact) mass is 404 g/mol. The molecule has 1 heterocycles. The molecule has 0 amide bonds. The fourth-order valence-electron chi connectivity index (χ4n) is 3.82. The Morgan fingerprint density at radius 3 is 2.52 bits per heavy atom. The van der Waals surface area contributed by atoms with Crippen molar-refractivity contribution in [1.29, 1.82) is 0 Å². The zero-order valence-corrected chi connectivity index (χ0v) is 18.7. The molecule has 1 aliphatic heterocycles. The van der Waals surface area contributed by atoms with Crippen LogP contribution in [0.5, 0.6) is 0 Å². The third-order valence-electron chi connectivity index (χ3n) is 5.68. The van der Waals surface area contributed by atoms with Gasteiger partial charge in [0.25, 0.3) is 0 Å². The third kappa shape index (κ3) is 6.65. The molecule has 162 valence electrons. The fourth-order valence-corrected chi connectivity index (χ4v) is 3.82. The number of carbonyl (C=O) groups excluding carboxylic acids is 2. The first kappa shape index (κ1) is 23.6. The minimum absolute atomic E-state index is 0.0324. The lowest BCUT2D eigenvalue weighted by molar-refractivity contribution is -0.145. The van der Waals surface area contributed by atoms with Gasteiger partial charge in [-0.15, -0.1) is 0 Å². The second-order valence-corrected chi connectivity index (χ2v) is 9.22. The number of carbonyl (C=O) groups is 2. The van der Waals surface area contributed by atoms with Crippen molar-refractivity contribution in [3.8, 4) is 0 Å². The van der Waals surface area contributed by atoms with Gasteiger partial charge in [-0.05, 0) is 78.4 Å². The van der Waals surface area contributed by atoms with E-state index in [1.807, 2.05) is 13.8 Å². The van der Waals surface area contributed by atoms with Gasteiger partial charge in [-0.2, -0.15) is 0 Å². The van der Waals surface area contributed by atoms with Crippen molar-refractivity contribution in [2.24, 2.45) is 0 Å². The van der Waals surface area contributed by atoms with E-state index in [9.17, 15) is 14.7 Å². The highest BCUT2D eigenvalue weighted by molar-refractivity contribution is 6.02. The van der Waals surface area contributed by atoms with E-state index in [1.54, 1.807) is 13.0 Å². The lowest BCUT2D eigenvalue weighted by Gasteiger charge is -2.22. The van der Waals surface area contributed by atoms with E-state index >= 15 is 0 Å². The normalized spacial score (nSPS) is 27.4. The Morgan fingerprint density at radius 1 is 1.24 bits per heavy atom. The van der Waals surface area contributed by atoms with E-state index in [1.165, 1.54) is 18.1 Å². The van der Waals surface area contributed by atoms with Gasteiger partial charge in [0.1, 0.15) is 6.10 Å². The highest BCUT2D eigenvalue weighted by Gasteiger charge is 2.67. The summed E-state index contributed by atoms with van der Waals surface area (Å²) >= 11 is 0. The van der Waals surface area contributed by atoms with E-state index < -0.39 is 17.3 Å². The van der Waals surface area contributed by atoms with Crippen LogP contribution in [0.1, 0.15) is 80.1 Å². The van der Waals surface area contributed by atoms with Crippen LogP contribution in [0.15, 0.2) is 34.9 Å². The first-order valence-electron chi connectivity index (χ1n) is 10.6. The molecular formula is C24H36O5. The van der Waals surface area contributed by atoms with Gasteiger partial charge >= 0.3 is 5.97 Å². The zero-order chi connectivity index (χ0) is 21.8. The maximum Gasteiger partial charge on any atom is 0.303 e. The van der Waals surface area contributed by atoms with Crippen molar-refractivity contribution >= 4 is 11.8 Å². The quantitative estimate of drug-likeness (QED) is 0.327. The maximum absolute atomic E-state index is 12.5. The largest absolute Gasteiger partial charge is 0.455 e. The fraction of sp³-hybridized carbons (Fsp3) is 0.667. The van der Waals surface area contributed by atoms with Crippen molar-refractivity contribution in [3.63, 3.8) is 0 Å². The maximum atomic E-state index is 12.5. The van der Waals surface area contributed by atoms with Crippen molar-refractivity contribution in [1.82, 2.24) is 0 Å². The van der Waals surface area contributed by atoms with Crippen LogP contribution in [-0.2, 0) is 19.1 Å². The Bertz CT molecular complexity index is 722. The summed E-state index contributed by atoms with van der Waals surface area (Å²) in [5, 5.41) is 9.77. The van der Waals surface area contributed by atoms with Crippen LogP contribution in [0.4, 0.5) is 0 Å². The topological polar surface area (TPSA) is 76.1 Å². The van der Waals surface area contributed by atoms with E-state index in [2.05, 4.69) is 26.0 Å². The van der Waals surface area contributed by atoms with Gasteiger partial charge in [0, 0.05) is 13.3 Å². The Hall–Kier alpha value is -1.72. The number of hydrogen-bond acceptors (Lipinski definition) is 5. The molecule has 5 nitrogen and oxygen atoms in total.